The van der Waals surface area contributed by atoms with E-state index in [0.29, 0.717) is 12.2 Å². The first kappa shape index (κ1) is 13.3. The molecule has 0 unspecified atom stereocenters. The van der Waals surface area contributed by atoms with Gasteiger partial charge in [0.05, 0.1) is 0 Å². The fourth-order valence-electron chi connectivity index (χ4n) is 1.68. The van der Waals surface area contributed by atoms with Crippen molar-refractivity contribution in [1.29, 1.82) is 0 Å². The van der Waals surface area contributed by atoms with Gasteiger partial charge in [0.25, 0.3) is 5.91 Å². The quantitative estimate of drug-likeness (QED) is 0.847. The molecule has 0 atom stereocenters. The smallest absolute Gasteiger partial charge is 0.323 e. The largest absolute Gasteiger partial charge is 0.480 e. The van der Waals surface area contributed by atoms with Gasteiger partial charge in [0.1, 0.15) is 12.2 Å². The van der Waals surface area contributed by atoms with Crippen LogP contribution in [0.15, 0.2) is 18.3 Å². The number of likely N-dealkylation sites (N-methyl/N-ethyl adjacent to an activating group) is 1. The summed E-state index contributed by atoms with van der Waals surface area (Å²) in [4.78, 5) is 24.1. The summed E-state index contributed by atoms with van der Waals surface area (Å²) in [6, 6.07) is 3.68. The maximum absolute atomic E-state index is 12.1. The Hall–Kier alpha value is -1.78. The minimum Gasteiger partial charge on any atom is -0.480 e. The van der Waals surface area contributed by atoms with E-state index in [1.165, 1.54) is 4.90 Å². The van der Waals surface area contributed by atoms with Crippen molar-refractivity contribution in [3.05, 3.63) is 24.0 Å². The van der Waals surface area contributed by atoms with Crippen LogP contribution in [0.2, 0.25) is 0 Å². The minimum absolute atomic E-state index is 0.174. The van der Waals surface area contributed by atoms with E-state index >= 15 is 0 Å². The second kappa shape index (κ2) is 5.52. The molecule has 1 heterocycles. The lowest BCUT2D eigenvalue weighted by Gasteiger charge is -2.20. The van der Waals surface area contributed by atoms with Crippen molar-refractivity contribution < 1.29 is 14.7 Å². The Balaban J connectivity index is 2.93. The summed E-state index contributed by atoms with van der Waals surface area (Å²) in [6.45, 7) is 5.84. The summed E-state index contributed by atoms with van der Waals surface area (Å²) < 4.78 is 1.84. The number of aliphatic carboxylic acids is 1. The lowest BCUT2D eigenvalue weighted by molar-refractivity contribution is -0.137. The van der Waals surface area contributed by atoms with Crippen molar-refractivity contribution in [3.63, 3.8) is 0 Å². The van der Waals surface area contributed by atoms with Crippen LogP contribution in [0.4, 0.5) is 0 Å². The Bertz CT molecular complexity index is 410. The fraction of sp³-hybridized carbons (Fsp3) is 0.500. The predicted molar refractivity (Wildman–Crippen MR) is 64.0 cm³/mol. The van der Waals surface area contributed by atoms with Crippen LogP contribution in [0, 0.1) is 0 Å². The Kier molecular flexibility index (Phi) is 4.31. The molecule has 0 aromatic carbocycles. The van der Waals surface area contributed by atoms with Gasteiger partial charge in [0, 0.05) is 18.8 Å². The van der Waals surface area contributed by atoms with Crippen molar-refractivity contribution in [3.8, 4) is 0 Å². The SMILES string of the molecule is CCN(CC(=O)O)C(=O)c1cccn1C(C)C. The van der Waals surface area contributed by atoms with Crippen molar-refractivity contribution >= 4 is 11.9 Å². The van der Waals surface area contributed by atoms with Crippen LogP contribution >= 0.6 is 0 Å². The van der Waals surface area contributed by atoms with Crippen LogP contribution in [0.3, 0.4) is 0 Å². The molecule has 17 heavy (non-hydrogen) atoms. The third-order valence-electron chi connectivity index (χ3n) is 2.55. The summed E-state index contributed by atoms with van der Waals surface area (Å²) in [5.74, 6) is -1.24. The Morgan fingerprint density at radius 1 is 1.47 bits per heavy atom. The van der Waals surface area contributed by atoms with Gasteiger partial charge < -0.3 is 14.6 Å². The van der Waals surface area contributed by atoms with Gasteiger partial charge in [-0.3, -0.25) is 9.59 Å². The lowest BCUT2D eigenvalue weighted by atomic mass is 10.3. The van der Waals surface area contributed by atoms with Crippen LogP contribution < -0.4 is 0 Å². The standard InChI is InChI=1S/C12H18N2O3/c1-4-13(8-11(15)16)12(17)10-6-5-7-14(10)9(2)3/h5-7,9H,4,8H2,1-3H3,(H,15,16). The average Bonchev–Trinajstić information content (AvgIpc) is 2.73. The number of hydrogen-bond donors (Lipinski definition) is 1. The highest BCUT2D eigenvalue weighted by molar-refractivity contribution is 5.94. The molecule has 5 nitrogen and oxygen atoms in total. The molecule has 0 radical (unpaired) electrons. The molecule has 1 amide bonds. The fourth-order valence-corrected chi connectivity index (χ4v) is 1.68. The van der Waals surface area contributed by atoms with Gasteiger partial charge in [-0.15, -0.1) is 0 Å². The summed E-state index contributed by atoms with van der Waals surface area (Å²) in [6.07, 6.45) is 1.83. The molecule has 0 saturated heterocycles. The van der Waals surface area contributed by atoms with Crippen LogP contribution in [-0.2, 0) is 4.79 Å². The number of hydrogen-bond acceptors (Lipinski definition) is 2. The number of aromatic nitrogens is 1. The Morgan fingerprint density at radius 2 is 2.12 bits per heavy atom. The Morgan fingerprint density at radius 3 is 2.59 bits per heavy atom. The molecule has 0 aliphatic carbocycles. The zero-order chi connectivity index (χ0) is 13.0. The van der Waals surface area contributed by atoms with E-state index in [0.717, 1.165) is 0 Å². The molecular weight excluding hydrogens is 220 g/mol. The van der Waals surface area contributed by atoms with Crippen molar-refractivity contribution in [2.24, 2.45) is 0 Å². The van der Waals surface area contributed by atoms with Crippen molar-refractivity contribution in [1.82, 2.24) is 9.47 Å². The molecule has 1 rings (SSSR count). The van der Waals surface area contributed by atoms with Crippen molar-refractivity contribution in [2.45, 2.75) is 26.8 Å². The summed E-state index contributed by atoms with van der Waals surface area (Å²) in [7, 11) is 0. The van der Waals surface area contributed by atoms with Gasteiger partial charge in [-0.05, 0) is 32.9 Å². The monoisotopic (exact) mass is 238 g/mol. The molecule has 0 bridgehead atoms. The van der Waals surface area contributed by atoms with Gasteiger partial charge in [0.15, 0.2) is 0 Å². The van der Waals surface area contributed by atoms with E-state index in [4.69, 9.17) is 5.11 Å². The zero-order valence-corrected chi connectivity index (χ0v) is 10.4. The van der Waals surface area contributed by atoms with Crippen LogP contribution in [0.5, 0.6) is 0 Å². The van der Waals surface area contributed by atoms with E-state index in [1.807, 2.05) is 24.6 Å². The topological polar surface area (TPSA) is 62.5 Å². The third-order valence-corrected chi connectivity index (χ3v) is 2.55. The first-order chi connectivity index (χ1) is 7.97. The van der Waals surface area contributed by atoms with Gasteiger partial charge >= 0.3 is 5.97 Å². The molecule has 0 spiro atoms. The maximum atomic E-state index is 12.1. The molecule has 0 aliphatic rings. The molecular formula is C12H18N2O3. The molecule has 0 aliphatic heterocycles. The molecule has 1 aromatic rings. The number of carboxylic acid groups (broad SMARTS) is 1. The highest BCUT2D eigenvalue weighted by atomic mass is 16.4. The van der Waals surface area contributed by atoms with Gasteiger partial charge in [-0.25, -0.2) is 0 Å². The first-order valence-corrected chi connectivity index (χ1v) is 5.65. The van der Waals surface area contributed by atoms with Gasteiger partial charge in [-0.2, -0.15) is 0 Å². The molecule has 5 heteroatoms. The van der Waals surface area contributed by atoms with E-state index in [2.05, 4.69) is 0 Å². The number of nitrogens with zero attached hydrogens (tertiary/aromatic N) is 2. The van der Waals surface area contributed by atoms with Crippen LogP contribution in [0.1, 0.15) is 37.3 Å². The summed E-state index contributed by atoms with van der Waals surface area (Å²) in [5, 5.41) is 8.74. The maximum Gasteiger partial charge on any atom is 0.323 e. The van der Waals surface area contributed by atoms with Gasteiger partial charge in [-0.1, -0.05) is 0 Å². The zero-order valence-electron chi connectivity index (χ0n) is 10.4. The molecule has 1 aromatic heterocycles. The second-order valence-corrected chi connectivity index (χ2v) is 4.11. The molecule has 0 fully saturated rings. The highest BCUT2D eigenvalue weighted by Crippen LogP contribution is 2.13. The van der Waals surface area contributed by atoms with E-state index in [-0.39, 0.29) is 18.5 Å². The normalized spacial score (nSPS) is 10.6. The molecule has 94 valence electrons. The number of rotatable bonds is 5. The van der Waals surface area contributed by atoms with E-state index in [9.17, 15) is 9.59 Å². The predicted octanol–water partition coefficient (Wildman–Crippen LogP) is 1.62. The van der Waals surface area contributed by atoms with E-state index < -0.39 is 5.97 Å². The van der Waals surface area contributed by atoms with Gasteiger partial charge in [0.2, 0.25) is 0 Å². The number of carbonyl (C=O) groups excluding carboxylic acids is 1. The van der Waals surface area contributed by atoms with Crippen molar-refractivity contribution in [2.75, 3.05) is 13.1 Å². The molecule has 0 saturated carbocycles. The second-order valence-electron chi connectivity index (χ2n) is 4.11. The van der Waals surface area contributed by atoms with Crippen LogP contribution in [0.25, 0.3) is 0 Å². The first-order valence-electron chi connectivity index (χ1n) is 5.65. The average molecular weight is 238 g/mol. The highest BCUT2D eigenvalue weighted by Gasteiger charge is 2.20. The molecule has 1 N–H and O–H groups in total. The summed E-state index contributed by atoms with van der Waals surface area (Å²) >= 11 is 0. The van der Waals surface area contributed by atoms with Crippen LogP contribution in [-0.4, -0.2) is 39.5 Å². The number of carboxylic acids is 1. The number of carbonyl (C=O) groups is 2. The summed E-state index contributed by atoms with van der Waals surface area (Å²) in [5.41, 5.74) is 0.531. The lowest BCUT2D eigenvalue weighted by Crippen LogP contribution is -2.36. The minimum atomic E-state index is -0.997. The third kappa shape index (κ3) is 3.09. The van der Waals surface area contributed by atoms with E-state index in [1.54, 1.807) is 19.1 Å². The number of amides is 1. The Labute approximate surface area is 101 Å².